The van der Waals surface area contributed by atoms with Gasteiger partial charge >= 0.3 is 5.97 Å². The number of carboxylic acid groups (broad SMARTS) is 1. The molecular formula is C20H20FNO5S. The van der Waals surface area contributed by atoms with Crippen molar-refractivity contribution < 1.29 is 28.6 Å². The van der Waals surface area contributed by atoms with Gasteiger partial charge in [0.1, 0.15) is 16.4 Å². The van der Waals surface area contributed by atoms with E-state index in [1.54, 1.807) is 11.0 Å². The number of carboxylic acids is 1. The van der Waals surface area contributed by atoms with Gasteiger partial charge in [-0.05, 0) is 42.7 Å². The number of halogens is 1. The van der Waals surface area contributed by atoms with Crippen LogP contribution in [-0.2, 0) is 16.8 Å². The molecule has 0 radical (unpaired) electrons. The van der Waals surface area contributed by atoms with Gasteiger partial charge in [-0.2, -0.15) is 0 Å². The standard InChI is InChI=1S/C20H20FNO5S/c1-26-15-3-2-12(21)10-13(15)18(23)22-7-5-20(6-8-22)14-11-17(19(24)25)28-16(14)4-9-27-20/h2-3,10-11H,4-9H2,1H3,(H,24,25). The van der Waals surface area contributed by atoms with Crippen LogP contribution in [0, 0.1) is 5.82 Å². The van der Waals surface area contributed by atoms with E-state index in [9.17, 15) is 19.1 Å². The van der Waals surface area contributed by atoms with Crippen LogP contribution in [0.4, 0.5) is 4.39 Å². The quantitative estimate of drug-likeness (QED) is 0.848. The van der Waals surface area contributed by atoms with Crippen molar-refractivity contribution in [2.45, 2.75) is 24.9 Å². The van der Waals surface area contributed by atoms with Crippen molar-refractivity contribution in [2.24, 2.45) is 0 Å². The van der Waals surface area contributed by atoms with Crippen LogP contribution < -0.4 is 4.74 Å². The van der Waals surface area contributed by atoms with Crippen LogP contribution in [0.5, 0.6) is 5.75 Å². The molecule has 2 aliphatic heterocycles. The molecule has 1 fully saturated rings. The van der Waals surface area contributed by atoms with Gasteiger partial charge in [-0.3, -0.25) is 4.79 Å². The zero-order valence-corrected chi connectivity index (χ0v) is 16.2. The number of aromatic carboxylic acids is 1. The number of amides is 1. The second kappa shape index (κ2) is 7.18. The molecule has 4 rings (SSSR count). The lowest BCUT2D eigenvalue weighted by atomic mass is 9.82. The molecule has 1 saturated heterocycles. The lowest BCUT2D eigenvalue weighted by molar-refractivity contribution is -0.0926. The van der Waals surface area contributed by atoms with E-state index in [1.807, 2.05) is 0 Å². The van der Waals surface area contributed by atoms with Gasteiger partial charge in [-0.1, -0.05) is 0 Å². The summed E-state index contributed by atoms with van der Waals surface area (Å²) in [6.07, 6.45) is 1.84. The van der Waals surface area contributed by atoms with Crippen molar-refractivity contribution in [3.05, 3.63) is 51.0 Å². The Balaban J connectivity index is 1.55. The van der Waals surface area contributed by atoms with Gasteiger partial charge < -0.3 is 19.5 Å². The lowest BCUT2D eigenvalue weighted by Gasteiger charge is -2.44. The molecule has 1 N–H and O–H groups in total. The molecule has 1 amide bonds. The molecule has 0 unspecified atom stereocenters. The average Bonchev–Trinajstić information content (AvgIpc) is 3.14. The SMILES string of the molecule is COc1ccc(F)cc1C(=O)N1CCC2(CC1)OCCc1sc(C(=O)O)cc12. The Bertz CT molecular complexity index is 933. The maximum atomic E-state index is 13.6. The minimum absolute atomic E-state index is 0.201. The molecule has 0 bridgehead atoms. The Kier molecular flexibility index (Phi) is 4.84. The minimum Gasteiger partial charge on any atom is -0.496 e. The van der Waals surface area contributed by atoms with E-state index in [-0.39, 0.29) is 11.5 Å². The molecule has 28 heavy (non-hydrogen) atoms. The predicted octanol–water partition coefficient (Wildman–Crippen LogP) is 3.30. The van der Waals surface area contributed by atoms with Crippen molar-refractivity contribution in [1.82, 2.24) is 4.90 Å². The number of ether oxygens (including phenoxy) is 2. The van der Waals surface area contributed by atoms with Crippen LogP contribution >= 0.6 is 11.3 Å². The second-order valence-corrected chi connectivity index (χ2v) is 8.12. The Hall–Kier alpha value is -2.45. The number of hydrogen-bond acceptors (Lipinski definition) is 5. The fourth-order valence-corrected chi connectivity index (χ4v) is 5.09. The number of piperidine rings is 1. The van der Waals surface area contributed by atoms with Crippen LogP contribution in [-0.4, -0.2) is 48.7 Å². The third kappa shape index (κ3) is 3.16. The Morgan fingerprint density at radius 1 is 1.29 bits per heavy atom. The summed E-state index contributed by atoms with van der Waals surface area (Å²) in [6.45, 7) is 1.42. The van der Waals surface area contributed by atoms with Crippen LogP contribution in [0.15, 0.2) is 24.3 Å². The summed E-state index contributed by atoms with van der Waals surface area (Å²) in [4.78, 5) is 27.3. The summed E-state index contributed by atoms with van der Waals surface area (Å²) in [5.41, 5.74) is 0.588. The van der Waals surface area contributed by atoms with Crippen molar-refractivity contribution in [1.29, 1.82) is 0 Å². The number of likely N-dealkylation sites (tertiary alicyclic amines) is 1. The summed E-state index contributed by atoms with van der Waals surface area (Å²) >= 11 is 1.30. The lowest BCUT2D eigenvalue weighted by Crippen LogP contribution is -2.48. The molecule has 6 nitrogen and oxygen atoms in total. The van der Waals surface area contributed by atoms with E-state index in [2.05, 4.69) is 0 Å². The van der Waals surface area contributed by atoms with Crippen LogP contribution in [0.25, 0.3) is 0 Å². The van der Waals surface area contributed by atoms with Crippen molar-refractivity contribution in [3.63, 3.8) is 0 Å². The number of fused-ring (bicyclic) bond motifs is 2. The molecule has 0 aliphatic carbocycles. The van der Waals surface area contributed by atoms with E-state index >= 15 is 0 Å². The van der Waals surface area contributed by atoms with Crippen LogP contribution in [0.1, 0.15) is 43.3 Å². The van der Waals surface area contributed by atoms with Gasteiger partial charge in [0, 0.05) is 24.4 Å². The molecule has 2 aliphatic rings. The summed E-state index contributed by atoms with van der Waals surface area (Å²) in [5, 5.41) is 9.31. The zero-order valence-electron chi connectivity index (χ0n) is 15.4. The highest BCUT2D eigenvalue weighted by Gasteiger charge is 2.43. The summed E-state index contributed by atoms with van der Waals surface area (Å²) in [5.74, 6) is -1.36. The van der Waals surface area contributed by atoms with Gasteiger partial charge in [0.2, 0.25) is 0 Å². The maximum absolute atomic E-state index is 13.6. The Morgan fingerprint density at radius 3 is 2.71 bits per heavy atom. The predicted molar refractivity (Wildman–Crippen MR) is 101 cm³/mol. The number of benzene rings is 1. The van der Waals surface area contributed by atoms with E-state index in [0.717, 1.165) is 10.4 Å². The molecule has 2 aromatic rings. The van der Waals surface area contributed by atoms with Crippen LogP contribution in [0.3, 0.4) is 0 Å². The number of methoxy groups -OCH3 is 1. The van der Waals surface area contributed by atoms with Gasteiger partial charge in [0.05, 0.1) is 24.9 Å². The van der Waals surface area contributed by atoms with E-state index in [1.165, 1.54) is 36.6 Å². The third-order valence-electron chi connectivity index (χ3n) is 5.47. The Labute approximate surface area is 165 Å². The fourth-order valence-electron chi connectivity index (χ4n) is 4.02. The fraction of sp³-hybridized carbons (Fsp3) is 0.400. The van der Waals surface area contributed by atoms with Gasteiger partial charge in [0.15, 0.2) is 0 Å². The number of rotatable bonds is 3. The third-order valence-corrected chi connectivity index (χ3v) is 6.65. The first-order valence-corrected chi connectivity index (χ1v) is 9.88. The molecule has 3 heterocycles. The first kappa shape index (κ1) is 18.9. The number of thiophene rings is 1. The first-order chi connectivity index (χ1) is 13.4. The molecule has 1 aromatic heterocycles. The molecular weight excluding hydrogens is 385 g/mol. The van der Waals surface area contributed by atoms with Crippen molar-refractivity contribution in [3.8, 4) is 5.75 Å². The molecule has 8 heteroatoms. The van der Waals surface area contributed by atoms with Crippen molar-refractivity contribution >= 4 is 23.2 Å². The molecule has 1 spiro atoms. The average molecular weight is 405 g/mol. The largest absolute Gasteiger partial charge is 0.496 e. The van der Waals surface area contributed by atoms with Gasteiger partial charge in [-0.15, -0.1) is 11.3 Å². The van der Waals surface area contributed by atoms with Crippen LogP contribution in [0.2, 0.25) is 0 Å². The van der Waals surface area contributed by atoms with Gasteiger partial charge in [-0.25, -0.2) is 9.18 Å². The first-order valence-electron chi connectivity index (χ1n) is 9.07. The summed E-state index contributed by atoms with van der Waals surface area (Å²) in [7, 11) is 1.45. The maximum Gasteiger partial charge on any atom is 0.345 e. The van der Waals surface area contributed by atoms with E-state index in [4.69, 9.17) is 9.47 Å². The number of hydrogen-bond donors (Lipinski definition) is 1. The number of carbonyl (C=O) groups is 2. The topological polar surface area (TPSA) is 76.1 Å². The highest BCUT2D eigenvalue weighted by atomic mass is 32.1. The zero-order chi connectivity index (χ0) is 19.9. The molecule has 0 atom stereocenters. The summed E-state index contributed by atoms with van der Waals surface area (Å²) < 4.78 is 25.0. The van der Waals surface area contributed by atoms with E-state index < -0.39 is 17.4 Å². The normalized spacial score (nSPS) is 18.0. The number of carbonyl (C=O) groups excluding carboxylic acids is 1. The molecule has 148 valence electrons. The summed E-state index contributed by atoms with van der Waals surface area (Å²) in [6, 6.07) is 5.62. The van der Waals surface area contributed by atoms with E-state index in [0.29, 0.717) is 49.6 Å². The highest BCUT2D eigenvalue weighted by Crippen LogP contribution is 2.44. The highest BCUT2D eigenvalue weighted by molar-refractivity contribution is 7.14. The molecule has 0 saturated carbocycles. The second-order valence-electron chi connectivity index (χ2n) is 6.98. The monoisotopic (exact) mass is 405 g/mol. The van der Waals surface area contributed by atoms with Gasteiger partial charge in [0.25, 0.3) is 5.91 Å². The Morgan fingerprint density at radius 2 is 2.04 bits per heavy atom. The molecule has 1 aromatic carbocycles. The van der Waals surface area contributed by atoms with Crippen molar-refractivity contribution in [2.75, 3.05) is 26.8 Å². The minimum atomic E-state index is -0.930. The number of nitrogens with zero attached hydrogens (tertiary/aromatic N) is 1. The smallest absolute Gasteiger partial charge is 0.345 e.